The first-order valence-electron chi connectivity index (χ1n) is 7.56. The lowest BCUT2D eigenvalue weighted by molar-refractivity contribution is 0.102. The predicted molar refractivity (Wildman–Crippen MR) is 95.8 cm³/mol. The predicted octanol–water partition coefficient (Wildman–Crippen LogP) is 4.71. The number of rotatable bonds is 4. The second-order valence-electron chi connectivity index (χ2n) is 5.37. The molecule has 0 saturated carbocycles. The van der Waals surface area contributed by atoms with Crippen LogP contribution in [0.5, 0.6) is 0 Å². The van der Waals surface area contributed by atoms with Crippen molar-refractivity contribution in [2.24, 2.45) is 0 Å². The number of para-hydroxylation sites is 2. The van der Waals surface area contributed by atoms with Crippen LogP contribution in [0.4, 0.5) is 26.1 Å². The molecule has 3 aromatic rings. The Labute approximate surface area is 153 Å². The summed E-state index contributed by atoms with van der Waals surface area (Å²) < 4.78 is 27.4. The van der Waals surface area contributed by atoms with E-state index in [1.54, 1.807) is 31.2 Å². The fourth-order valence-corrected chi connectivity index (χ4v) is 2.40. The van der Waals surface area contributed by atoms with Crippen molar-refractivity contribution in [3.63, 3.8) is 0 Å². The Morgan fingerprint density at radius 3 is 2.42 bits per heavy atom. The maximum absolute atomic E-state index is 13.7. The van der Waals surface area contributed by atoms with E-state index in [1.165, 1.54) is 12.1 Å². The molecule has 2 N–H and O–H groups in total. The first kappa shape index (κ1) is 17.8. The van der Waals surface area contributed by atoms with Crippen LogP contribution in [0.3, 0.4) is 0 Å². The number of aromatic nitrogens is 2. The molecule has 1 aromatic heterocycles. The molecule has 0 atom stereocenters. The van der Waals surface area contributed by atoms with Gasteiger partial charge in [0, 0.05) is 5.69 Å². The zero-order chi connectivity index (χ0) is 18.7. The smallest absolute Gasteiger partial charge is 0.274 e. The maximum atomic E-state index is 13.7. The van der Waals surface area contributed by atoms with Gasteiger partial charge >= 0.3 is 0 Å². The van der Waals surface area contributed by atoms with Gasteiger partial charge in [-0.2, -0.15) is 0 Å². The van der Waals surface area contributed by atoms with Crippen molar-refractivity contribution in [3.05, 3.63) is 76.6 Å². The van der Waals surface area contributed by atoms with Crippen molar-refractivity contribution in [2.75, 3.05) is 10.6 Å². The Bertz CT molecular complexity index is 961. The molecule has 0 unspecified atom stereocenters. The van der Waals surface area contributed by atoms with Gasteiger partial charge in [0.05, 0.1) is 10.7 Å². The molecule has 0 aliphatic carbocycles. The molecular formula is C18H13ClF2N4O. The van der Waals surface area contributed by atoms with Gasteiger partial charge in [-0.1, -0.05) is 29.8 Å². The highest BCUT2D eigenvalue weighted by Crippen LogP contribution is 2.24. The molecule has 26 heavy (non-hydrogen) atoms. The van der Waals surface area contributed by atoms with E-state index in [2.05, 4.69) is 20.6 Å². The zero-order valence-electron chi connectivity index (χ0n) is 13.6. The van der Waals surface area contributed by atoms with E-state index in [0.717, 1.165) is 12.1 Å². The standard InChI is InChI=1S/C18H13ClF2N4O/c1-10-9-15(17(26)25-16-12(20)6-4-7-13(16)21)24-18(22-10)23-14-8-3-2-5-11(14)19/h2-9H,1H3,(H,25,26)(H,22,23,24). The molecule has 132 valence electrons. The minimum absolute atomic E-state index is 0.0466. The number of hydrogen-bond acceptors (Lipinski definition) is 4. The van der Waals surface area contributed by atoms with Crippen molar-refractivity contribution in [2.45, 2.75) is 6.92 Å². The Kier molecular flexibility index (Phi) is 5.09. The molecule has 5 nitrogen and oxygen atoms in total. The average molecular weight is 375 g/mol. The van der Waals surface area contributed by atoms with Crippen LogP contribution < -0.4 is 10.6 Å². The van der Waals surface area contributed by atoms with Gasteiger partial charge < -0.3 is 10.6 Å². The average Bonchev–Trinajstić information content (AvgIpc) is 2.59. The Balaban J connectivity index is 1.87. The largest absolute Gasteiger partial charge is 0.323 e. The summed E-state index contributed by atoms with van der Waals surface area (Å²) in [5.41, 5.74) is 0.476. The minimum atomic E-state index is -0.876. The monoisotopic (exact) mass is 374 g/mol. The number of carbonyl (C=O) groups is 1. The maximum Gasteiger partial charge on any atom is 0.274 e. The summed E-state index contributed by atoms with van der Waals surface area (Å²) >= 11 is 6.08. The number of nitrogens with one attached hydrogen (secondary N) is 2. The molecule has 0 radical (unpaired) electrons. The number of halogens is 3. The summed E-state index contributed by atoms with van der Waals surface area (Å²) in [7, 11) is 0. The van der Waals surface area contributed by atoms with E-state index < -0.39 is 23.2 Å². The highest BCUT2D eigenvalue weighted by Gasteiger charge is 2.16. The minimum Gasteiger partial charge on any atom is -0.323 e. The third kappa shape index (κ3) is 3.94. The van der Waals surface area contributed by atoms with Crippen LogP contribution in [0.25, 0.3) is 0 Å². The second-order valence-corrected chi connectivity index (χ2v) is 5.78. The lowest BCUT2D eigenvalue weighted by atomic mass is 10.2. The van der Waals surface area contributed by atoms with E-state index in [4.69, 9.17) is 11.6 Å². The Morgan fingerprint density at radius 2 is 1.73 bits per heavy atom. The van der Waals surface area contributed by atoms with E-state index in [0.29, 0.717) is 16.4 Å². The molecule has 1 amide bonds. The number of carbonyl (C=O) groups excluding carboxylic acids is 1. The highest BCUT2D eigenvalue weighted by atomic mass is 35.5. The fourth-order valence-electron chi connectivity index (χ4n) is 2.22. The van der Waals surface area contributed by atoms with Gasteiger partial charge in [-0.05, 0) is 37.3 Å². The summed E-state index contributed by atoms with van der Waals surface area (Å²) in [5, 5.41) is 5.56. The summed E-state index contributed by atoms with van der Waals surface area (Å²) in [5.74, 6) is -2.38. The molecule has 0 saturated heterocycles. The number of hydrogen-bond donors (Lipinski definition) is 2. The summed E-state index contributed by atoms with van der Waals surface area (Å²) in [6.45, 7) is 1.67. The topological polar surface area (TPSA) is 66.9 Å². The quantitative estimate of drug-likeness (QED) is 0.694. The van der Waals surface area contributed by atoms with Crippen LogP contribution in [-0.4, -0.2) is 15.9 Å². The fraction of sp³-hybridized carbons (Fsp3) is 0.0556. The van der Waals surface area contributed by atoms with Gasteiger partial charge in [-0.15, -0.1) is 0 Å². The van der Waals surface area contributed by atoms with Crippen molar-refractivity contribution >= 4 is 34.8 Å². The van der Waals surface area contributed by atoms with Gasteiger partial charge in [-0.3, -0.25) is 4.79 Å². The molecule has 0 spiro atoms. The van der Waals surface area contributed by atoms with Gasteiger partial charge in [0.25, 0.3) is 5.91 Å². The molecular weight excluding hydrogens is 362 g/mol. The van der Waals surface area contributed by atoms with Crippen molar-refractivity contribution in [3.8, 4) is 0 Å². The summed E-state index contributed by atoms with van der Waals surface area (Å²) in [6.07, 6.45) is 0. The molecule has 0 fully saturated rings. The molecule has 3 rings (SSSR count). The van der Waals surface area contributed by atoms with Crippen molar-refractivity contribution in [1.82, 2.24) is 9.97 Å². The first-order chi connectivity index (χ1) is 12.4. The van der Waals surface area contributed by atoms with Crippen LogP contribution in [0, 0.1) is 18.6 Å². The number of benzene rings is 2. The normalized spacial score (nSPS) is 10.5. The Hall–Kier alpha value is -3.06. The third-order valence-corrected chi connectivity index (χ3v) is 3.74. The first-order valence-corrected chi connectivity index (χ1v) is 7.94. The molecule has 8 heteroatoms. The Morgan fingerprint density at radius 1 is 1.04 bits per heavy atom. The van der Waals surface area contributed by atoms with Crippen molar-refractivity contribution in [1.29, 1.82) is 0 Å². The van der Waals surface area contributed by atoms with Crippen molar-refractivity contribution < 1.29 is 13.6 Å². The third-order valence-electron chi connectivity index (χ3n) is 3.41. The van der Waals surface area contributed by atoms with Crippen LogP contribution in [0.1, 0.15) is 16.2 Å². The number of aryl methyl sites for hydroxylation is 1. The second kappa shape index (κ2) is 7.45. The van der Waals surface area contributed by atoms with E-state index in [-0.39, 0.29) is 11.6 Å². The van der Waals surface area contributed by atoms with Gasteiger partial charge in [0.2, 0.25) is 5.95 Å². The van der Waals surface area contributed by atoms with Crippen LogP contribution >= 0.6 is 11.6 Å². The zero-order valence-corrected chi connectivity index (χ0v) is 14.3. The van der Waals surface area contributed by atoms with Crippen LogP contribution in [0.15, 0.2) is 48.5 Å². The summed E-state index contributed by atoms with van der Waals surface area (Å²) in [4.78, 5) is 20.6. The van der Waals surface area contributed by atoms with Gasteiger partial charge in [0.15, 0.2) is 0 Å². The molecule has 0 aliphatic rings. The van der Waals surface area contributed by atoms with Crippen LogP contribution in [0.2, 0.25) is 5.02 Å². The molecule has 0 aliphatic heterocycles. The lowest BCUT2D eigenvalue weighted by Gasteiger charge is -2.10. The van der Waals surface area contributed by atoms with E-state index >= 15 is 0 Å². The van der Waals surface area contributed by atoms with E-state index in [9.17, 15) is 13.6 Å². The van der Waals surface area contributed by atoms with E-state index in [1.807, 2.05) is 0 Å². The number of nitrogens with zero attached hydrogens (tertiary/aromatic N) is 2. The van der Waals surface area contributed by atoms with Gasteiger partial charge in [0.1, 0.15) is 23.0 Å². The van der Waals surface area contributed by atoms with Crippen LogP contribution in [-0.2, 0) is 0 Å². The SMILES string of the molecule is Cc1cc(C(=O)Nc2c(F)cccc2F)nc(Nc2ccccc2Cl)n1. The summed E-state index contributed by atoms with van der Waals surface area (Å²) in [6, 6.07) is 11.7. The van der Waals surface area contributed by atoms with Gasteiger partial charge in [-0.25, -0.2) is 18.7 Å². The highest BCUT2D eigenvalue weighted by molar-refractivity contribution is 6.33. The molecule has 2 aromatic carbocycles. The number of anilines is 3. The molecule has 0 bridgehead atoms. The molecule has 1 heterocycles. The lowest BCUT2D eigenvalue weighted by Crippen LogP contribution is -2.17. The number of amides is 1.